The van der Waals surface area contributed by atoms with Crippen LogP contribution < -0.4 is 19.7 Å². The number of hydrogen-bond donors (Lipinski definition) is 1. The third-order valence-corrected chi connectivity index (χ3v) is 14.8. The van der Waals surface area contributed by atoms with E-state index in [0.29, 0.717) is 32.4 Å². The van der Waals surface area contributed by atoms with Crippen LogP contribution in [0.3, 0.4) is 0 Å². The van der Waals surface area contributed by atoms with Gasteiger partial charge in [-0.25, -0.2) is 26.7 Å². The van der Waals surface area contributed by atoms with Gasteiger partial charge < -0.3 is 24.0 Å². The zero-order valence-electron chi connectivity index (χ0n) is 34.2. The van der Waals surface area contributed by atoms with E-state index in [9.17, 15) is 28.0 Å². The maximum absolute atomic E-state index is 17.8. The standard InChI is InChI=1S/C43H43ClF5N7O5S/c1-40(2,3)61-39(58)53-36-24(14-50)27-23(7-8-26(46)34(27)62-36)28-30(44)33-29-32(31(28)47)51-38(60-20-42-10-5-11-55(42)15-21(45)12-42)52-35(29)56-19-41(9-4-6-22(56)16-59-33)17-54(18-41)37(57)25-13-43(25,48)49/h7-8,21-22,25H,4-6,9-13,15-20H2,1-3H3,(H,53,58)/t21-,22?,25?,42+/m1/s1. The Labute approximate surface area is 362 Å². The fraction of sp³-hybridized carbons (Fsp3) is 0.558. The van der Waals surface area contributed by atoms with E-state index in [1.807, 2.05) is 11.0 Å². The highest BCUT2D eigenvalue weighted by Crippen LogP contribution is 2.55. The second-order valence-corrected chi connectivity index (χ2v) is 20.2. The third-order valence-electron chi connectivity index (χ3n) is 13.3. The molecule has 4 saturated heterocycles. The number of hydrogen-bond acceptors (Lipinski definition) is 11. The van der Waals surface area contributed by atoms with Crippen LogP contribution in [-0.4, -0.2) is 107 Å². The van der Waals surface area contributed by atoms with Crippen LogP contribution >= 0.6 is 22.9 Å². The third kappa shape index (κ3) is 6.75. The molecular weight excluding hydrogens is 857 g/mol. The minimum absolute atomic E-state index is 0.00149. The van der Waals surface area contributed by atoms with Crippen molar-refractivity contribution < 1.29 is 45.8 Å². The summed E-state index contributed by atoms with van der Waals surface area (Å²) in [6.45, 7) is 7.02. The molecular formula is C43H43ClF5N7O5S. The van der Waals surface area contributed by atoms with E-state index < -0.39 is 64.6 Å². The van der Waals surface area contributed by atoms with E-state index in [0.717, 1.165) is 30.2 Å². The topological polar surface area (TPSA) is 133 Å². The van der Waals surface area contributed by atoms with Crippen LogP contribution in [0.15, 0.2) is 12.1 Å². The van der Waals surface area contributed by atoms with Crippen molar-refractivity contribution in [2.24, 2.45) is 11.3 Å². The number of amides is 2. The summed E-state index contributed by atoms with van der Waals surface area (Å²) >= 11 is 8.01. The van der Waals surface area contributed by atoms with Crippen molar-refractivity contribution in [1.29, 1.82) is 5.26 Å². The normalized spacial score (nSPS) is 26.0. The number of likely N-dealkylation sites (tertiary alicyclic amines) is 1. The van der Waals surface area contributed by atoms with Crippen LogP contribution in [0.1, 0.15) is 71.3 Å². The molecule has 1 N–H and O–H groups in total. The summed E-state index contributed by atoms with van der Waals surface area (Å²) in [4.78, 5) is 41.0. The number of carbonyl (C=O) groups excluding carboxylic acids is 2. The molecule has 4 aromatic rings. The van der Waals surface area contributed by atoms with Gasteiger partial charge in [0.1, 0.15) is 59.1 Å². The first-order chi connectivity index (χ1) is 29.4. The highest BCUT2D eigenvalue weighted by molar-refractivity contribution is 7.23. The number of nitriles is 1. The monoisotopic (exact) mass is 899 g/mol. The second-order valence-electron chi connectivity index (χ2n) is 18.8. The van der Waals surface area contributed by atoms with Crippen molar-refractivity contribution >= 4 is 66.7 Å². The molecule has 1 saturated carbocycles. The average Bonchev–Trinajstić information content (AvgIpc) is 3.38. The zero-order valence-corrected chi connectivity index (χ0v) is 35.8. The first kappa shape index (κ1) is 41.3. The number of nitrogens with one attached hydrogen (secondary N) is 1. The van der Waals surface area contributed by atoms with Gasteiger partial charge in [-0.15, -0.1) is 11.3 Å². The predicted molar refractivity (Wildman–Crippen MR) is 221 cm³/mol. The van der Waals surface area contributed by atoms with Gasteiger partial charge in [0.25, 0.3) is 5.92 Å². The van der Waals surface area contributed by atoms with Crippen LogP contribution in [0.25, 0.3) is 32.1 Å². The summed E-state index contributed by atoms with van der Waals surface area (Å²) in [5, 5.41) is 12.9. The predicted octanol–water partition coefficient (Wildman–Crippen LogP) is 8.85. The summed E-state index contributed by atoms with van der Waals surface area (Å²) in [6.07, 6.45) is 1.52. The Kier molecular flexibility index (Phi) is 9.59. The zero-order chi connectivity index (χ0) is 43.7. The molecule has 4 atom stereocenters. The highest BCUT2D eigenvalue weighted by atomic mass is 35.5. The summed E-state index contributed by atoms with van der Waals surface area (Å²) in [5.41, 5.74) is -2.49. The number of benzene rings is 2. The Morgan fingerprint density at radius 2 is 1.89 bits per heavy atom. The summed E-state index contributed by atoms with van der Waals surface area (Å²) in [6, 6.07) is 3.99. The van der Waals surface area contributed by atoms with Crippen molar-refractivity contribution in [2.75, 3.05) is 56.2 Å². The van der Waals surface area contributed by atoms with Crippen LogP contribution in [0.5, 0.6) is 11.8 Å². The molecule has 7 heterocycles. The first-order valence-electron chi connectivity index (χ1n) is 20.9. The molecule has 5 fully saturated rings. The molecule has 2 aromatic carbocycles. The molecule has 5 aliphatic heterocycles. The molecule has 0 bridgehead atoms. The number of ether oxygens (including phenoxy) is 3. The lowest BCUT2D eigenvalue weighted by Crippen LogP contribution is -2.63. The number of alkyl halides is 3. The molecule has 62 heavy (non-hydrogen) atoms. The molecule has 2 unspecified atom stereocenters. The number of nitrogens with zero attached hydrogens (tertiary/aromatic N) is 6. The molecule has 19 heteroatoms. The van der Waals surface area contributed by atoms with Crippen LogP contribution in [0.4, 0.5) is 37.6 Å². The van der Waals surface area contributed by atoms with E-state index in [2.05, 4.69) is 15.2 Å². The molecule has 10 rings (SSSR count). The Morgan fingerprint density at radius 3 is 2.61 bits per heavy atom. The van der Waals surface area contributed by atoms with Crippen molar-refractivity contribution in [3.8, 4) is 29.0 Å². The number of anilines is 2. The quantitative estimate of drug-likeness (QED) is 0.187. The molecule has 328 valence electrons. The van der Waals surface area contributed by atoms with Crippen LogP contribution in [0.2, 0.25) is 5.02 Å². The Hall–Kier alpha value is -4.73. The van der Waals surface area contributed by atoms with Gasteiger partial charge in [-0.1, -0.05) is 24.1 Å². The maximum atomic E-state index is 17.8. The van der Waals surface area contributed by atoms with Gasteiger partial charge in [-0.3, -0.25) is 15.0 Å². The number of halogens is 6. The number of thiophene rings is 1. The average molecular weight is 900 g/mol. The number of carbonyl (C=O) groups is 2. The van der Waals surface area contributed by atoms with E-state index in [1.54, 1.807) is 20.8 Å². The Bertz CT molecular complexity index is 2610. The van der Waals surface area contributed by atoms with Gasteiger partial charge in [-0.2, -0.15) is 15.2 Å². The SMILES string of the molecule is CC(C)(C)OC(=O)Nc1sc2c(F)ccc(-c3c(Cl)c4c5c(nc(OC[C@@]67CCCN6C[C@H](F)C7)nc5c3F)N3CC5(CCCC3CO4)CN(C(=O)C3CC3(F)F)C5)c2c1C#N. The number of rotatable bonds is 6. The smallest absolute Gasteiger partial charge is 0.412 e. The lowest BCUT2D eigenvalue weighted by Gasteiger charge is -2.52. The van der Waals surface area contributed by atoms with Crippen molar-refractivity contribution in [3.63, 3.8) is 0 Å². The van der Waals surface area contributed by atoms with Gasteiger partial charge >= 0.3 is 12.1 Å². The molecule has 2 amide bonds. The number of aromatic nitrogens is 2. The Balaban J connectivity index is 1.10. The van der Waals surface area contributed by atoms with Gasteiger partial charge in [0.05, 0.1) is 32.3 Å². The lowest BCUT2D eigenvalue weighted by molar-refractivity contribution is -0.147. The molecule has 12 nitrogen and oxygen atoms in total. The summed E-state index contributed by atoms with van der Waals surface area (Å²) < 4.78 is 94.3. The molecule has 1 spiro atoms. The molecule has 6 aliphatic rings. The van der Waals surface area contributed by atoms with Crippen molar-refractivity contribution in [1.82, 2.24) is 19.8 Å². The lowest BCUT2D eigenvalue weighted by atomic mass is 9.75. The van der Waals surface area contributed by atoms with Gasteiger partial charge in [0, 0.05) is 55.4 Å². The van der Waals surface area contributed by atoms with Crippen molar-refractivity contribution in [2.45, 2.75) is 95.0 Å². The second kappa shape index (κ2) is 14.4. The maximum Gasteiger partial charge on any atom is 0.412 e. The summed E-state index contributed by atoms with van der Waals surface area (Å²) in [5.74, 6) is -6.17. The van der Waals surface area contributed by atoms with Gasteiger partial charge in [-0.05, 0) is 64.6 Å². The van der Waals surface area contributed by atoms with Crippen molar-refractivity contribution in [3.05, 3.63) is 34.4 Å². The fourth-order valence-corrected chi connectivity index (χ4v) is 11.8. The van der Waals surface area contributed by atoms with Gasteiger partial charge in [0.2, 0.25) is 5.91 Å². The van der Waals surface area contributed by atoms with E-state index in [4.69, 9.17) is 30.8 Å². The fourth-order valence-electron chi connectivity index (χ4n) is 10.4. The van der Waals surface area contributed by atoms with E-state index >= 15 is 8.78 Å². The van der Waals surface area contributed by atoms with E-state index in [1.165, 1.54) is 11.0 Å². The molecule has 2 aromatic heterocycles. The minimum atomic E-state index is -2.98. The highest BCUT2D eigenvalue weighted by Gasteiger charge is 2.64. The summed E-state index contributed by atoms with van der Waals surface area (Å²) in [7, 11) is 0. The Morgan fingerprint density at radius 1 is 1.11 bits per heavy atom. The van der Waals surface area contributed by atoms with Crippen LogP contribution in [0, 0.1) is 34.3 Å². The largest absolute Gasteiger partial charge is 0.489 e. The van der Waals surface area contributed by atoms with Gasteiger partial charge in [0.15, 0.2) is 11.6 Å². The van der Waals surface area contributed by atoms with Crippen LogP contribution in [-0.2, 0) is 9.53 Å². The molecule has 1 aliphatic carbocycles. The minimum Gasteiger partial charge on any atom is -0.489 e. The van der Waals surface area contributed by atoms with E-state index in [-0.39, 0.29) is 111 Å². The first-order valence-corrected chi connectivity index (χ1v) is 22.1. The number of fused-ring (bicyclic) bond motifs is 4. The molecule has 0 radical (unpaired) electrons.